The molecule has 0 aliphatic rings. The predicted octanol–water partition coefficient (Wildman–Crippen LogP) is 0.840. The average molecular weight is 312 g/mol. The molecule has 7 nitrogen and oxygen atoms in total. The first-order valence-electron chi connectivity index (χ1n) is 6.49. The van der Waals surface area contributed by atoms with Gasteiger partial charge in [-0.3, -0.25) is 4.79 Å². The standard InChI is InChI=1S/C14H17FN2O5/c1-16-12(18)10(15)7-11(13(19)20)17-14(21)22-8-9-5-3-2-4-6-9/h2-6,10-11H,7-8H2,1H3,(H,16,18)(H,17,21)(H,19,20)/t10-,11+/m1/s1. The van der Waals surface area contributed by atoms with Crippen molar-refractivity contribution in [3.63, 3.8) is 0 Å². The highest BCUT2D eigenvalue weighted by atomic mass is 19.1. The first-order valence-corrected chi connectivity index (χ1v) is 6.49. The van der Waals surface area contributed by atoms with E-state index in [4.69, 9.17) is 9.84 Å². The number of rotatable bonds is 7. The minimum Gasteiger partial charge on any atom is -0.480 e. The second kappa shape index (κ2) is 8.60. The van der Waals surface area contributed by atoms with Crippen LogP contribution in [0.3, 0.4) is 0 Å². The molecule has 120 valence electrons. The van der Waals surface area contributed by atoms with Gasteiger partial charge in [0, 0.05) is 13.5 Å². The maximum atomic E-state index is 13.4. The van der Waals surface area contributed by atoms with E-state index in [0.717, 1.165) is 5.56 Å². The van der Waals surface area contributed by atoms with E-state index in [-0.39, 0.29) is 6.61 Å². The van der Waals surface area contributed by atoms with Gasteiger partial charge in [0.05, 0.1) is 0 Å². The number of hydrogen-bond acceptors (Lipinski definition) is 4. The maximum absolute atomic E-state index is 13.4. The topological polar surface area (TPSA) is 105 Å². The number of benzene rings is 1. The SMILES string of the molecule is CNC(=O)[C@H](F)C[C@H](NC(=O)OCc1ccccc1)C(=O)O. The summed E-state index contributed by atoms with van der Waals surface area (Å²) in [6.07, 6.45) is -3.73. The molecule has 0 heterocycles. The van der Waals surface area contributed by atoms with Gasteiger partial charge in [-0.1, -0.05) is 30.3 Å². The number of carboxylic acid groups (broad SMARTS) is 1. The number of amides is 2. The lowest BCUT2D eigenvalue weighted by Crippen LogP contribution is -2.44. The van der Waals surface area contributed by atoms with Crippen LogP contribution in [0.15, 0.2) is 30.3 Å². The van der Waals surface area contributed by atoms with E-state index in [0.29, 0.717) is 0 Å². The van der Waals surface area contributed by atoms with Crippen molar-refractivity contribution in [2.24, 2.45) is 0 Å². The van der Waals surface area contributed by atoms with Crippen molar-refractivity contribution in [1.82, 2.24) is 10.6 Å². The number of carbonyl (C=O) groups is 3. The van der Waals surface area contributed by atoms with Crippen molar-refractivity contribution in [2.45, 2.75) is 25.2 Å². The molecular weight excluding hydrogens is 295 g/mol. The fraction of sp³-hybridized carbons (Fsp3) is 0.357. The Balaban J connectivity index is 2.50. The van der Waals surface area contributed by atoms with Crippen molar-refractivity contribution in [3.8, 4) is 0 Å². The molecule has 1 aromatic rings. The number of ether oxygens (including phenoxy) is 1. The highest BCUT2D eigenvalue weighted by Gasteiger charge is 2.28. The molecule has 8 heteroatoms. The van der Waals surface area contributed by atoms with Crippen molar-refractivity contribution >= 4 is 18.0 Å². The molecule has 0 radical (unpaired) electrons. The quantitative estimate of drug-likeness (QED) is 0.692. The molecule has 22 heavy (non-hydrogen) atoms. The molecule has 0 unspecified atom stereocenters. The van der Waals surface area contributed by atoms with Crippen molar-refractivity contribution in [2.75, 3.05) is 7.05 Å². The summed E-state index contributed by atoms with van der Waals surface area (Å²) in [6, 6.07) is 7.21. The van der Waals surface area contributed by atoms with Gasteiger partial charge in [0.25, 0.3) is 5.91 Å². The third kappa shape index (κ3) is 5.78. The van der Waals surface area contributed by atoms with Crippen molar-refractivity contribution < 1.29 is 28.6 Å². The van der Waals surface area contributed by atoms with Crippen LogP contribution < -0.4 is 10.6 Å². The van der Waals surface area contributed by atoms with Gasteiger partial charge in [-0.15, -0.1) is 0 Å². The van der Waals surface area contributed by atoms with E-state index < -0.39 is 36.6 Å². The Kier molecular flexibility index (Phi) is 6.81. The molecule has 1 aromatic carbocycles. The van der Waals surface area contributed by atoms with Gasteiger partial charge in [-0.25, -0.2) is 14.0 Å². The Morgan fingerprint density at radius 1 is 1.27 bits per heavy atom. The molecule has 0 saturated heterocycles. The fourth-order valence-electron chi connectivity index (χ4n) is 1.60. The summed E-state index contributed by atoms with van der Waals surface area (Å²) in [6.45, 7) is -0.0481. The molecule has 0 spiro atoms. The molecule has 2 amide bonds. The van der Waals surface area contributed by atoms with Crippen LogP contribution in [0.4, 0.5) is 9.18 Å². The van der Waals surface area contributed by atoms with E-state index in [2.05, 4.69) is 5.32 Å². The molecule has 0 fully saturated rings. The smallest absolute Gasteiger partial charge is 0.408 e. The molecule has 0 aromatic heterocycles. The summed E-state index contributed by atoms with van der Waals surface area (Å²) < 4.78 is 18.3. The number of carbonyl (C=O) groups excluding carboxylic acids is 2. The summed E-state index contributed by atoms with van der Waals surface area (Å²) in [7, 11) is 1.23. The van der Waals surface area contributed by atoms with Crippen LogP contribution in [0.1, 0.15) is 12.0 Å². The van der Waals surface area contributed by atoms with Gasteiger partial charge in [0.2, 0.25) is 0 Å². The fourth-order valence-corrected chi connectivity index (χ4v) is 1.60. The zero-order chi connectivity index (χ0) is 16.5. The van der Waals surface area contributed by atoms with Crippen LogP contribution in [0, 0.1) is 0 Å². The summed E-state index contributed by atoms with van der Waals surface area (Å²) >= 11 is 0. The van der Waals surface area contributed by atoms with E-state index in [1.54, 1.807) is 30.3 Å². The Morgan fingerprint density at radius 3 is 2.45 bits per heavy atom. The van der Waals surface area contributed by atoms with E-state index in [9.17, 15) is 18.8 Å². The number of aliphatic carboxylic acids is 1. The molecule has 1 rings (SSSR count). The molecular formula is C14H17FN2O5. The molecule has 2 atom stereocenters. The van der Waals surface area contributed by atoms with Gasteiger partial charge in [0.1, 0.15) is 12.6 Å². The average Bonchev–Trinajstić information content (AvgIpc) is 2.52. The summed E-state index contributed by atoms with van der Waals surface area (Å²) in [5, 5.41) is 13.0. The minimum atomic E-state index is -2.04. The monoisotopic (exact) mass is 312 g/mol. The Hall–Kier alpha value is -2.64. The van der Waals surface area contributed by atoms with Crippen molar-refractivity contribution in [3.05, 3.63) is 35.9 Å². The van der Waals surface area contributed by atoms with Gasteiger partial charge >= 0.3 is 12.1 Å². The third-order valence-electron chi connectivity index (χ3n) is 2.78. The zero-order valence-electron chi connectivity index (χ0n) is 11.9. The van der Waals surface area contributed by atoms with Crippen LogP contribution in [0.2, 0.25) is 0 Å². The van der Waals surface area contributed by atoms with Crippen molar-refractivity contribution in [1.29, 1.82) is 0 Å². The van der Waals surface area contributed by atoms with E-state index in [1.165, 1.54) is 7.05 Å². The van der Waals surface area contributed by atoms with Gasteiger partial charge in [-0.2, -0.15) is 0 Å². The third-order valence-corrected chi connectivity index (χ3v) is 2.78. The van der Waals surface area contributed by atoms with Gasteiger partial charge < -0.3 is 20.5 Å². The molecule has 0 aliphatic heterocycles. The minimum absolute atomic E-state index is 0.0481. The lowest BCUT2D eigenvalue weighted by molar-refractivity contribution is -0.140. The zero-order valence-corrected chi connectivity index (χ0v) is 11.9. The number of alkyl carbamates (subject to hydrolysis) is 1. The molecule has 0 bridgehead atoms. The number of hydrogen-bond donors (Lipinski definition) is 3. The summed E-state index contributed by atoms with van der Waals surface area (Å²) in [5.74, 6) is -2.41. The molecule has 0 aliphatic carbocycles. The lowest BCUT2D eigenvalue weighted by Gasteiger charge is -2.16. The largest absolute Gasteiger partial charge is 0.480 e. The number of halogens is 1. The normalized spacial score (nSPS) is 12.8. The second-order valence-corrected chi connectivity index (χ2v) is 4.41. The second-order valence-electron chi connectivity index (χ2n) is 4.41. The predicted molar refractivity (Wildman–Crippen MR) is 74.8 cm³/mol. The molecule has 0 saturated carbocycles. The Bertz CT molecular complexity index is 523. The van der Waals surface area contributed by atoms with Gasteiger partial charge in [0.15, 0.2) is 6.17 Å². The van der Waals surface area contributed by atoms with Crippen LogP contribution in [0.5, 0.6) is 0 Å². The molecule has 3 N–H and O–H groups in total. The van der Waals surface area contributed by atoms with E-state index in [1.807, 2.05) is 5.32 Å². The lowest BCUT2D eigenvalue weighted by atomic mass is 10.1. The van der Waals surface area contributed by atoms with Crippen LogP contribution in [-0.2, 0) is 20.9 Å². The number of carboxylic acids is 1. The van der Waals surface area contributed by atoms with Crippen LogP contribution >= 0.6 is 0 Å². The van der Waals surface area contributed by atoms with Crippen LogP contribution in [0.25, 0.3) is 0 Å². The first kappa shape index (κ1) is 17.4. The summed E-state index contributed by atoms with van der Waals surface area (Å²) in [4.78, 5) is 33.6. The first-order chi connectivity index (χ1) is 10.4. The van der Waals surface area contributed by atoms with Crippen LogP contribution in [-0.4, -0.2) is 42.3 Å². The number of alkyl halides is 1. The Morgan fingerprint density at radius 2 is 1.91 bits per heavy atom. The maximum Gasteiger partial charge on any atom is 0.408 e. The highest BCUT2D eigenvalue weighted by Crippen LogP contribution is 2.05. The van der Waals surface area contributed by atoms with Gasteiger partial charge in [-0.05, 0) is 5.56 Å². The summed E-state index contributed by atoms with van der Waals surface area (Å²) in [5.41, 5.74) is 0.721. The highest BCUT2D eigenvalue weighted by molar-refractivity contribution is 5.83. The number of nitrogens with one attached hydrogen (secondary N) is 2. The Labute approximate surface area is 126 Å². The van der Waals surface area contributed by atoms with E-state index >= 15 is 0 Å².